The summed E-state index contributed by atoms with van der Waals surface area (Å²) in [5, 5.41) is 2.64. The van der Waals surface area contributed by atoms with Gasteiger partial charge in [-0.1, -0.05) is 0 Å². The van der Waals surface area contributed by atoms with Gasteiger partial charge >= 0.3 is 6.03 Å². The summed E-state index contributed by atoms with van der Waals surface area (Å²) in [5.41, 5.74) is 0. The van der Waals surface area contributed by atoms with Crippen LogP contribution in [0.2, 0.25) is 0 Å². The van der Waals surface area contributed by atoms with E-state index in [0.717, 1.165) is 0 Å². The van der Waals surface area contributed by atoms with Gasteiger partial charge in [-0.15, -0.1) is 0 Å². The molecule has 1 N–H and O–H groups in total. The average molecular weight is 307 g/mol. The van der Waals surface area contributed by atoms with Crippen molar-refractivity contribution in [2.45, 2.75) is 26.8 Å². The van der Waals surface area contributed by atoms with Gasteiger partial charge in [-0.05, 0) is 20.8 Å². The van der Waals surface area contributed by atoms with E-state index in [1.807, 2.05) is 20.8 Å². The SMILES string of the molecule is CCN(CC)C(=O)NCCS(=O)(=O)N1CCOCC1C. The van der Waals surface area contributed by atoms with Crippen molar-refractivity contribution in [2.24, 2.45) is 0 Å². The highest BCUT2D eigenvalue weighted by atomic mass is 32.2. The van der Waals surface area contributed by atoms with Crippen molar-refractivity contribution in [3.63, 3.8) is 0 Å². The minimum atomic E-state index is -3.35. The van der Waals surface area contributed by atoms with E-state index in [4.69, 9.17) is 4.74 Å². The summed E-state index contributed by atoms with van der Waals surface area (Å²) in [6, 6.07) is -0.368. The Kier molecular flexibility index (Phi) is 6.70. The van der Waals surface area contributed by atoms with Crippen LogP contribution in [0.15, 0.2) is 0 Å². The number of hydrogen-bond acceptors (Lipinski definition) is 4. The minimum absolute atomic E-state index is 0.0790. The van der Waals surface area contributed by atoms with E-state index in [0.29, 0.717) is 32.8 Å². The third-order valence-corrected chi connectivity index (χ3v) is 5.33. The van der Waals surface area contributed by atoms with Crippen LogP contribution in [0.25, 0.3) is 0 Å². The zero-order valence-electron chi connectivity index (χ0n) is 12.5. The molecular weight excluding hydrogens is 282 g/mol. The van der Waals surface area contributed by atoms with E-state index in [1.165, 1.54) is 4.31 Å². The molecule has 0 saturated carbocycles. The summed E-state index contributed by atoms with van der Waals surface area (Å²) in [6.45, 7) is 8.16. The Bertz CT molecular complexity index is 409. The van der Waals surface area contributed by atoms with E-state index >= 15 is 0 Å². The zero-order chi connectivity index (χ0) is 15.2. The maximum Gasteiger partial charge on any atom is 0.317 e. The molecule has 20 heavy (non-hydrogen) atoms. The van der Waals surface area contributed by atoms with E-state index in [-0.39, 0.29) is 24.4 Å². The molecule has 0 aromatic rings. The summed E-state index contributed by atoms with van der Waals surface area (Å²) >= 11 is 0. The number of urea groups is 1. The van der Waals surface area contributed by atoms with Gasteiger partial charge in [0.15, 0.2) is 0 Å². The molecule has 1 heterocycles. The van der Waals surface area contributed by atoms with Crippen LogP contribution in [0.3, 0.4) is 0 Å². The molecule has 0 radical (unpaired) electrons. The van der Waals surface area contributed by atoms with Gasteiger partial charge in [0.1, 0.15) is 0 Å². The Morgan fingerprint density at radius 1 is 1.40 bits per heavy atom. The van der Waals surface area contributed by atoms with E-state index in [1.54, 1.807) is 4.90 Å². The van der Waals surface area contributed by atoms with Crippen LogP contribution in [0.5, 0.6) is 0 Å². The Labute approximate surface area is 121 Å². The van der Waals surface area contributed by atoms with E-state index in [9.17, 15) is 13.2 Å². The maximum atomic E-state index is 12.2. The van der Waals surface area contributed by atoms with Crippen molar-refractivity contribution in [3.05, 3.63) is 0 Å². The first-order valence-electron chi connectivity index (χ1n) is 7.02. The highest BCUT2D eigenvalue weighted by molar-refractivity contribution is 7.89. The molecular formula is C12H25N3O4S. The van der Waals surface area contributed by atoms with Crippen molar-refractivity contribution in [1.82, 2.24) is 14.5 Å². The van der Waals surface area contributed by atoms with Gasteiger partial charge in [0.25, 0.3) is 0 Å². The quantitative estimate of drug-likeness (QED) is 0.754. The Morgan fingerprint density at radius 3 is 2.60 bits per heavy atom. The van der Waals surface area contributed by atoms with Crippen molar-refractivity contribution < 1.29 is 17.9 Å². The lowest BCUT2D eigenvalue weighted by Gasteiger charge is -2.32. The molecule has 0 aromatic carbocycles. The lowest BCUT2D eigenvalue weighted by atomic mass is 10.3. The summed E-state index contributed by atoms with van der Waals surface area (Å²) < 4.78 is 31.1. The number of morpholine rings is 1. The molecule has 1 aliphatic rings. The number of amides is 2. The molecule has 1 fully saturated rings. The van der Waals surface area contributed by atoms with Crippen LogP contribution >= 0.6 is 0 Å². The molecule has 118 valence electrons. The predicted molar refractivity (Wildman–Crippen MR) is 77.1 cm³/mol. The van der Waals surface area contributed by atoms with Crippen LogP contribution in [0.4, 0.5) is 4.79 Å². The number of hydrogen-bond donors (Lipinski definition) is 1. The second-order valence-electron chi connectivity index (χ2n) is 4.75. The van der Waals surface area contributed by atoms with Crippen LogP contribution in [-0.2, 0) is 14.8 Å². The number of carbonyl (C=O) groups is 1. The van der Waals surface area contributed by atoms with Crippen molar-refractivity contribution in [3.8, 4) is 0 Å². The topological polar surface area (TPSA) is 79.0 Å². The number of nitrogens with one attached hydrogen (secondary N) is 1. The molecule has 0 aromatic heterocycles. The standard InChI is InChI=1S/C12H25N3O4S/c1-4-14(5-2)12(16)13-6-9-20(17,18)15-7-8-19-10-11(15)3/h11H,4-10H2,1-3H3,(H,13,16). The van der Waals surface area contributed by atoms with Gasteiger partial charge in [0.2, 0.25) is 10.0 Å². The number of nitrogens with zero attached hydrogens (tertiary/aromatic N) is 2. The fourth-order valence-corrected chi connectivity index (χ4v) is 3.71. The van der Waals surface area contributed by atoms with E-state index < -0.39 is 10.0 Å². The summed E-state index contributed by atoms with van der Waals surface area (Å²) in [5.74, 6) is -0.0790. The van der Waals surface area contributed by atoms with Crippen LogP contribution in [0, 0.1) is 0 Å². The first-order chi connectivity index (χ1) is 9.42. The third kappa shape index (κ3) is 4.60. The second kappa shape index (κ2) is 7.80. The van der Waals surface area contributed by atoms with E-state index in [2.05, 4.69) is 5.32 Å². The Hall–Kier alpha value is -0.860. The Morgan fingerprint density at radius 2 is 2.05 bits per heavy atom. The fraction of sp³-hybridized carbons (Fsp3) is 0.917. The normalized spacial score (nSPS) is 20.6. The second-order valence-corrected chi connectivity index (χ2v) is 6.80. The van der Waals surface area contributed by atoms with Crippen molar-refractivity contribution in [2.75, 3.05) is 45.1 Å². The molecule has 8 heteroatoms. The largest absolute Gasteiger partial charge is 0.378 e. The van der Waals surface area contributed by atoms with Crippen LogP contribution in [0.1, 0.15) is 20.8 Å². The fourth-order valence-electron chi connectivity index (χ4n) is 2.15. The van der Waals surface area contributed by atoms with Gasteiger partial charge in [-0.2, -0.15) is 4.31 Å². The first kappa shape index (κ1) is 17.2. The molecule has 0 aliphatic carbocycles. The molecule has 7 nitrogen and oxygen atoms in total. The Balaban J connectivity index is 2.45. The number of carbonyl (C=O) groups excluding carboxylic acids is 1. The van der Waals surface area contributed by atoms with Crippen LogP contribution in [-0.4, -0.2) is 74.8 Å². The average Bonchev–Trinajstić information content (AvgIpc) is 2.40. The summed E-state index contributed by atoms with van der Waals surface area (Å²) in [6.07, 6.45) is 0. The minimum Gasteiger partial charge on any atom is -0.378 e. The maximum absolute atomic E-state index is 12.2. The molecule has 2 amide bonds. The molecule has 1 atom stereocenters. The molecule has 0 spiro atoms. The molecule has 0 bridgehead atoms. The lowest BCUT2D eigenvalue weighted by molar-refractivity contribution is 0.0393. The highest BCUT2D eigenvalue weighted by Gasteiger charge is 2.29. The highest BCUT2D eigenvalue weighted by Crippen LogP contribution is 2.12. The van der Waals surface area contributed by atoms with Gasteiger partial charge in [0, 0.05) is 32.2 Å². The van der Waals surface area contributed by atoms with Gasteiger partial charge < -0.3 is 15.0 Å². The molecule has 1 unspecified atom stereocenters. The summed E-state index contributed by atoms with van der Waals surface area (Å²) in [4.78, 5) is 13.3. The number of ether oxygens (including phenoxy) is 1. The molecule has 1 aliphatic heterocycles. The monoisotopic (exact) mass is 307 g/mol. The van der Waals surface area contributed by atoms with Gasteiger partial charge in [-0.25, -0.2) is 13.2 Å². The molecule has 1 saturated heterocycles. The summed E-state index contributed by atoms with van der Waals surface area (Å²) in [7, 11) is -3.35. The lowest BCUT2D eigenvalue weighted by Crippen LogP contribution is -2.49. The number of sulfonamides is 1. The predicted octanol–water partition coefficient (Wildman–Crippen LogP) is 0.0883. The number of rotatable bonds is 6. The first-order valence-corrected chi connectivity index (χ1v) is 8.63. The van der Waals surface area contributed by atoms with Gasteiger partial charge in [0.05, 0.1) is 19.0 Å². The third-order valence-electron chi connectivity index (χ3n) is 3.35. The van der Waals surface area contributed by atoms with Crippen LogP contribution < -0.4 is 5.32 Å². The molecule has 1 rings (SSSR count). The van der Waals surface area contributed by atoms with Crippen molar-refractivity contribution >= 4 is 16.1 Å². The smallest absolute Gasteiger partial charge is 0.317 e. The zero-order valence-corrected chi connectivity index (χ0v) is 13.3. The van der Waals surface area contributed by atoms with Crippen molar-refractivity contribution in [1.29, 1.82) is 0 Å². The van der Waals surface area contributed by atoms with Gasteiger partial charge in [-0.3, -0.25) is 0 Å².